The van der Waals surface area contributed by atoms with E-state index in [1.165, 1.54) is 43.4 Å². The van der Waals surface area contributed by atoms with Gasteiger partial charge < -0.3 is 15.0 Å². The minimum absolute atomic E-state index is 0.241. The largest absolute Gasteiger partial charge is 0.456 e. The molecule has 36 heavy (non-hydrogen) atoms. The Hall–Kier alpha value is -2.04. The molecule has 4 saturated carbocycles. The maximum Gasteiger partial charge on any atom is 0.338 e. The van der Waals surface area contributed by atoms with Crippen LogP contribution in [0.5, 0.6) is 0 Å². The Kier molecular flexibility index (Phi) is 6.89. The Morgan fingerprint density at radius 1 is 1.06 bits per heavy atom. The molecular weight excluding hydrogens is 448 g/mol. The molecule has 1 aromatic carbocycles. The Morgan fingerprint density at radius 3 is 2.39 bits per heavy atom. The first-order chi connectivity index (χ1) is 17.0. The first-order valence-electron chi connectivity index (χ1n) is 14.4. The summed E-state index contributed by atoms with van der Waals surface area (Å²) < 4.78 is 5.60. The zero-order valence-corrected chi connectivity index (χ0v) is 23.1. The SMILES string of the molecule is CC(C)(C)OC(=O)c1ccc(N2CCC(CC(=O)NC[C@@H]3CC[C@H]4C[C@@H]3C4(C)C)CC2)c(C2CC2)c1. The molecule has 0 unspecified atom stereocenters. The minimum atomic E-state index is -0.489. The topological polar surface area (TPSA) is 58.6 Å². The third-order valence-electron chi connectivity index (χ3n) is 9.67. The summed E-state index contributed by atoms with van der Waals surface area (Å²) in [6.45, 7) is 13.4. The lowest BCUT2D eigenvalue weighted by molar-refractivity contribution is -0.125. The number of esters is 1. The number of anilines is 1. The fourth-order valence-corrected chi connectivity index (χ4v) is 7.19. The monoisotopic (exact) mass is 494 g/mol. The average Bonchev–Trinajstić information content (AvgIpc) is 3.67. The molecule has 5 aliphatic rings. The highest BCUT2D eigenvalue weighted by Crippen LogP contribution is 2.61. The molecule has 5 heteroatoms. The van der Waals surface area contributed by atoms with Gasteiger partial charge in [0.05, 0.1) is 5.56 Å². The van der Waals surface area contributed by atoms with Gasteiger partial charge in [0.15, 0.2) is 0 Å². The van der Waals surface area contributed by atoms with Crippen molar-refractivity contribution >= 4 is 17.6 Å². The van der Waals surface area contributed by atoms with Crippen LogP contribution < -0.4 is 10.2 Å². The van der Waals surface area contributed by atoms with Crippen molar-refractivity contribution in [3.8, 4) is 0 Å². The zero-order chi connectivity index (χ0) is 25.7. The number of hydrogen-bond donors (Lipinski definition) is 1. The number of benzene rings is 1. The highest BCUT2D eigenvalue weighted by atomic mass is 16.6. The molecule has 3 atom stereocenters. The fourth-order valence-electron chi connectivity index (χ4n) is 7.19. The van der Waals surface area contributed by atoms with Gasteiger partial charge in [-0.25, -0.2) is 4.79 Å². The number of carbonyl (C=O) groups excluding carboxylic acids is 2. The van der Waals surface area contributed by atoms with E-state index in [9.17, 15) is 9.59 Å². The molecule has 1 heterocycles. The second kappa shape index (κ2) is 9.68. The van der Waals surface area contributed by atoms with E-state index in [2.05, 4.69) is 36.2 Å². The standard InChI is InChI=1S/C31H46N2O3/c1-30(2,3)36-29(35)22-9-11-27(25(17-22)21-6-7-21)33-14-12-20(13-15-33)16-28(34)32-19-23-8-10-24-18-26(23)31(24,4)5/h9,11,17,20-21,23-24,26H,6-8,10,12-16,18-19H2,1-5H3,(H,32,34)/t23-,24-,26-/m0/s1. The minimum Gasteiger partial charge on any atom is -0.456 e. The van der Waals surface area contributed by atoms with Gasteiger partial charge in [-0.1, -0.05) is 13.8 Å². The van der Waals surface area contributed by atoms with Gasteiger partial charge in [0.25, 0.3) is 0 Å². The molecule has 1 amide bonds. The van der Waals surface area contributed by atoms with Gasteiger partial charge >= 0.3 is 5.97 Å². The van der Waals surface area contributed by atoms with Crippen molar-refractivity contribution < 1.29 is 14.3 Å². The number of ether oxygens (including phenoxy) is 1. The number of amides is 1. The summed E-state index contributed by atoms with van der Waals surface area (Å²) >= 11 is 0. The van der Waals surface area contributed by atoms with Crippen LogP contribution in [-0.4, -0.2) is 37.1 Å². The van der Waals surface area contributed by atoms with Crippen LogP contribution in [-0.2, 0) is 9.53 Å². The van der Waals surface area contributed by atoms with E-state index in [4.69, 9.17) is 4.74 Å². The summed E-state index contributed by atoms with van der Waals surface area (Å²) in [5.41, 5.74) is 3.21. The molecule has 5 nitrogen and oxygen atoms in total. The number of hydrogen-bond acceptors (Lipinski definition) is 4. The van der Waals surface area contributed by atoms with Crippen molar-refractivity contribution in [2.75, 3.05) is 24.5 Å². The second-order valence-corrected chi connectivity index (χ2v) is 13.7. The van der Waals surface area contributed by atoms with E-state index in [1.807, 2.05) is 26.8 Å². The summed E-state index contributed by atoms with van der Waals surface area (Å²) in [7, 11) is 0. The molecule has 1 N–H and O–H groups in total. The van der Waals surface area contributed by atoms with Crippen LogP contribution in [0.1, 0.15) is 108 Å². The Bertz CT molecular complexity index is 980. The Morgan fingerprint density at radius 2 is 1.78 bits per heavy atom. The quantitative estimate of drug-likeness (QED) is 0.451. The number of nitrogens with zero attached hydrogens (tertiary/aromatic N) is 1. The Labute approximate surface area is 217 Å². The van der Waals surface area contributed by atoms with E-state index < -0.39 is 5.60 Å². The highest BCUT2D eigenvalue weighted by molar-refractivity contribution is 5.90. The van der Waals surface area contributed by atoms with E-state index in [0.717, 1.165) is 44.3 Å². The number of nitrogens with one attached hydrogen (secondary N) is 1. The number of fused-ring (bicyclic) bond motifs is 2. The summed E-state index contributed by atoms with van der Waals surface area (Å²) in [6, 6.07) is 6.11. The molecule has 0 radical (unpaired) electrons. The van der Waals surface area contributed by atoms with Crippen LogP contribution in [0.25, 0.3) is 0 Å². The van der Waals surface area contributed by atoms with Gasteiger partial charge in [-0.15, -0.1) is 0 Å². The Balaban J connectivity index is 1.12. The maximum absolute atomic E-state index is 12.8. The van der Waals surface area contributed by atoms with Crippen molar-refractivity contribution in [2.24, 2.45) is 29.1 Å². The molecule has 2 bridgehead atoms. The van der Waals surface area contributed by atoms with Crippen molar-refractivity contribution in [3.63, 3.8) is 0 Å². The highest BCUT2D eigenvalue weighted by Gasteiger charge is 2.53. The lowest BCUT2D eigenvalue weighted by Crippen LogP contribution is -2.54. The van der Waals surface area contributed by atoms with E-state index >= 15 is 0 Å². The lowest BCUT2D eigenvalue weighted by atomic mass is 9.45. The van der Waals surface area contributed by atoms with E-state index in [-0.39, 0.29) is 11.9 Å². The third-order valence-corrected chi connectivity index (χ3v) is 9.67. The summed E-state index contributed by atoms with van der Waals surface area (Å²) in [5.74, 6) is 3.39. The molecule has 0 spiro atoms. The van der Waals surface area contributed by atoms with Crippen LogP contribution in [0.3, 0.4) is 0 Å². The lowest BCUT2D eigenvalue weighted by Gasteiger charge is -2.60. The molecule has 198 valence electrons. The van der Waals surface area contributed by atoms with Crippen LogP contribution in [0.15, 0.2) is 18.2 Å². The van der Waals surface area contributed by atoms with Gasteiger partial charge in [0.2, 0.25) is 5.91 Å². The molecule has 1 aromatic rings. The smallest absolute Gasteiger partial charge is 0.338 e. The van der Waals surface area contributed by atoms with Crippen LogP contribution in [0.2, 0.25) is 0 Å². The fraction of sp³-hybridized carbons (Fsp3) is 0.742. The molecule has 4 aliphatic carbocycles. The van der Waals surface area contributed by atoms with Gasteiger partial charge in [-0.05, 0) is 124 Å². The van der Waals surface area contributed by atoms with E-state index in [1.54, 1.807) is 0 Å². The van der Waals surface area contributed by atoms with Gasteiger partial charge in [0, 0.05) is 31.7 Å². The first kappa shape index (κ1) is 25.6. The number of piperidine rings is 1. The molecule has 5 fully saturated rings. The van der Waals surface area contributed by atoms with Gasteiger partial charge in [-0.2, -0.15) is 0 Å². The summed E-state index contributed by atoms with van der Waals surface area (Å²) in [6.07, 6.45) is 9.13. The second-order valence-electron chi connectivity index (χ2n) is 13.7. The van der Waals surface area contributed by atoms with E-state index in [0.29, 0.717) is 35.2 Å². The van der Waals surface area contributed by atoms with Gasteiger partial charge in [-0.3, -0.25) is 4.79 Å². The van der Waals surface area contributed by atoms with Crippen molar-refractivity contribution in [2.45, 2.75) is 97.5 Å². The maximum atomic E-state index is 12.8. The average molecular weight is 495 g/mol. The third kappa shape index (κ3) is 5.45. The van der Waals surface area contributed by atoms with Crippen molar-refractivity contribution in [3.05, 3.63) is 29.3 Å². The van der Waals surface area contributed by atoms with Crippen LogP contribution in [0.4, 0.5) is 5.69 Å². The number of rotatable bonds is 7. The van der Waals surface area contributed by atoms with Crippen LogP contribution >= 0.6 is 0 Å². The molecule has 1 aliphatic heterocycles. The normalized spacial score (nSPS) is 27.8. The van der Waals surface area contributed by atoms with Crippen molar-refractivity contribution in [1.29, 1.82) is 0 Å². The molecule has 0 aromatic heterocycles. The van der Waals surface area contributed by atoms with Crippen molar-refractivity contribution in [1.82, 2.24) is 5.32 Å². The molecular formula is C31H46N2O3. The predicted octanol–water partition coefficient (Wildman–Crippen LogP) is 6.31. The molecule has 1 saturated heterocycles. The molecule has 6 rings (SSSR count). The summed E-state index contributed by atoms with van der Waals surface area (Å²) in [4.78, 5) is 27.9. The summed E-state index contributed by atoms with van der Waals surface area (Å²) in [5, 5.41) is 3.30. The first-order valence-corrected chi connectivity index (χ1v) is 14.4. The van der Waals surface area contributed by atoms with Gasteiger partial charge in [0.1, 0.15) is 5.60 Å². The van der Waals surface area contributed by atoms with Crippen LogP contribution in [0, 0.1) is 29.1 Å². The zero-order valence-electron chi connectivity index (χ0n) is 23.1. The predicted molar refractivity (Wildman–Crippen MR) is 144 cm³/mol. The number of carbonyl (C=O) groups is 2.